The molecule has 270 valence electrons. The Morgan fingerprint density at radius 2 is 0.815 bits per heavy atom. The number of thioether (sulfide) groups is 2. The number of nitrogens with zero attached hydrogens (tertiary/aromatic N) is 2. The van der Waals surface area contributed by atoms with Gasteiger partial charge in [0, 0.05) is 22.3 Å². The zero-order valence-electron chi connectivity index (χ0n) is 27.7. The molecule has 0 radical (unpaired) electrons. The molecule has 4 N–H and O–H groups in total. The Hall–Kier alpha value is -5.86. The monoisotopic (exact) mass is 768 g/mol. The molecule has 6 aromatic rings. The molecule has 0 bridgehead atoms. The van der Waals surface area contributed by atoms with Gasteiger partial charge in [0.2, 0.25) is 0 Å². The van der Waals surface area contributed by atoms with E-state index in [0.29, 0.717) is 16.7 Å². The first-order valence-corrected chi connectivity index (χ1v) is 17.5. The van der Waals surface area contributed by atoms with Gasteiger partial charge in [0.15, 0.2) is 0 Å². The normalized spacial score (nSPS) is 11.6. The molecule has 0 aliphatic heterocycles. The highest BCUT2D eigenvalue weighted by molar-refractivity contribution is 8.27. The van der Waals surface area contributed by atoms with Crippen molar-refractivity contribution in [1.82, 2.24) is 9.97 Å². The third-order valence-corrected chi connectivity index (χ3v) is 9.61. The van der Waals surface area contributed by atoms with E-state index in [0.717, 1.165) is 53.4 Å². The maximum atomic E-state index is 13.3. The molecule has 0 saturated carbocycles. The van der Waals surface area contributed by atoms with Crippen LogP contribution in [-0.4, -0.2) is 30.1 Å². The Labute approximate surface area is 313 Å². The van der Waals surface area contributed by atoms with Crippen LogP contribution >= 0.6 is 23.5 Å². The highest BCUT2D eigenvalue weighted by Crippen LogP contribution is 2.34. The standard InChI is InChI=1S/C40H26F6N6S2/c41-39(42,43)29-12-4-10-24(21-29)31-14-6-16-33(51-31)37(49)53-35(47)27-18-26(23-8-2-1-3-9-23)19-28(20-27)36(48)54-38(50)34-17-7-15-32(52-34)25-11-5-13-30(22-25)40(44,45)46/h1-22,47-50H. The molecule has 0 aliphatic rings. The Kier molecular flexibility index (Phi) is 11.0. The van der Waals surface area contributed by atoms with Crippen molar-refractivity contribution in [3.63, 3.8) is 0 Å². The van der Waals surface area contributed by atoms with Crippen LogP contribution in [0.2, 0.25) is 0 Å². The summed E-state index contributed by atoms with van der Waals surface area (Å²) < 4.78 is 80.0. The maximum absolute atomic E-state index is 13.3. The molecule has 0 unspecified atom stereocenters. The molecular weight excluding hydrogens is 743 g/mol. The Balaban J connectivity index is 1.24. The Morgan fingerprint density at radius 1 is 0.407 bits per heavy atom. The van der Waals surface area contributed by atoms with Crippen LogP contribution in [0, 0.1) is 21.6 Å². The average Bonchev–Trinajstić information content (AvgIpc) is 3.17. The van der Waals surface area contributed by atoms with E-state index in [2.05, 4.69) is 9.97 Å². The van der Waals surface area contributed by atoms with E-state index in [1.54, 1.807) is 30.3 Å². The van der Waals surface area contributed by atoms with Crippen molar-refractivity contribution in [2.24, 2.45) is 0 Å². The first-order valence-electron chi connectivity index (χ1n) is 15.9. The molecule has 0 spiro atoms. The van der Waals surface area contributed by atoms with E-state index >= 15 is 0 Å². The van der Waals surface area contributed by atoms with Crippen molar-refractivity contribution in [3.05, 3.63) is 167 Å². The van der Waals surface area contributed by atoms with E-state index in [1.807, 2.05) is 30.3 Å². The van der Waals surface area contributed by atoms with E-state index < -0.39 is 23.5 Å². The quantitative estimate of drug-likeness (QED) is 0.0734. The summed E-state index contributed by atoms with van der Waals surface area (Å²) in [4.78, 5) is 8.80. The first-order chi connectivity index (χ1) is 25.7. The molecule has 0 aliphatic carbocycles. The summed E-state index contributed by atoms with van der Waals surface area (Å²) in [5, 5.41) is 34.9. The largest absolute Gasteiger partial charge is 0.416 e. The van der Waals surface area contributed by atoms with Gasteiger partial charge in [0.25, 0.3) is 0 Å². The average molecular weight is 769 g/mol. The molecule has 54 heavy (non-hydrogen) atoms. The number of nitrogens with one attached hydrogen (secondary N) is 4. The fourth-order valence-electron chi connectivity index (χ4n) is 5.27. The topological polar surface area (TPSA) is 121 Å². The molecule has 0 amide bonds. The van der Waals surface area contributed by atoms with E-state index in [-0.39, 0.29) is 54.1 Å². The fraction of sp³-hybridized carbons (Fsp3) is 0.0500. The number of rotatable bonds is 7. The van der Waals surface area contributed by atoms with Gasteiger partial charge in [-0.3, -0.25) is 21.6 Å². The van der Waals surface area contributed by atoms with Gasteiger partial charge in [0.05, 0.1) is 33.9 Å². The third-order valence-electron chi connectivity index (χ3n) is 7.91. The van der Waals surface area contributed by atoms with E-state index in [4.69, 9.17) is 21.6 Å². The van der Waals surface area contributed by atoms with Crippen molar-refractivity contribution in [1.29, 1.82) is 21.6 Å². The van der Waals surface area contributed by atoms with Gasteiger partial charge in [-0.2, -0.15) is 26.3 Å². The summed E-state index contributed by atoms with van der Waals surface area (Å²) >= 11 is 1.56. The number of alkyl halides is 6. The Morgan fingerprint density at radius 3 is 1.24 bits per heavy atom. The highest BCUT2D eigenvalue weighted by atomic mass is 32.2. The second-order valence-corrected chi connectivity index (χ2v) is 13.7. The Bertz CT molecular complexity index is 2270. The molecule has 0 atom stereocenters. The lowest BCUT2D eigenvalue weighted by Crippen LogP contribution is -2.08. The lowest BCUT2D eigenvalue weighted by atomic mass is 10.0. The SMILES string of the molecule is N=C(SC(=N)c1cccc(-c2cccc(C(F)(F)F)c2)n1)c1cc(C(=N)SC(=N)c2cccc(-c3cccc(C(F)(F)F)c3)n2)cc(-c2ccccc2)c1. The van der Waals surface area contributed by atoms with Gasteiger partial charge in [-0.05, 0) is 101 Å². The van der Waals surface area contributed by atoms with E-state index in [9.17, 15) is 26.3 Å². The molecule has 14 heteroatoms. The van der Waals surface area contributed by atoms with Crippen molar-refractivity contribution in [2.45, 2.75) is 12.4 Å². The van der Waals surface area contributed by atoms with Crippen molar-refractivity contribution < 1.29 is 26.3 Å². The zero-order valence-corrected chi connectivity index (χ0v) is 29.3. The predicted octanol–water partition coefficient (Wildman–Crippen LogP) is 11.7. The summed E-state index contributed by atoms with van der Waals surface area (Å²) in [6, 6.07) is 33.0. The van der Waals surface area contributed by atoms with E-state index in [1.165, 1.54) is 48.5 Å². The number of aromatic nitrogens is 2. The second kappa shape index (κ2) is 15.6. The van der Waals surface area contributed by atoms with Crippen molar-refractivity contribution >= 4 is 43.7 Å². The molecule has 4 aromatic carbocycles. The van der Waals surface area contributed by atoms with Crippen LogP contribution in [0.3, 0.4) is 0 Å². The van der Waals surface area contributed by atoms with Crippen LogP contribution in [0.5, 0.6) is 0 Å². The minimum Gasteiger partial charge on any atom is -0.293 e. The first kappa shape index (κ1) is 37.9. The smallest absolute Gasteiger partial charge is 0.293 e. The second-order valence-electron chi connectivity index (χ2n) is 11.7. The number of hydrogen-bond acceptors (Lipinski definition) is 8. The van der Waals surface area contributed by atoms with Crippen LogP contribution in [0.15, 0.2) is 133 Å². The molecular formula is C40H26F6N6S2. The third kappa shape index (κ3) is 9.01. The van der Waals surface area contributed by atoms with Crippen molar-refractivity contribution in [3.8, 4) is 33.6 Å². The van der Waals surface area contributed by atoms with Crippen LogP contribution < -0.4 is 0 Å². The minimum atomic E-state index is -4.54. The summed E-state index contributed by atoms with van der Waals surface area (Å²) in [6.45, 7) is 0. The number of hydrogen-bond donors (Lipinski definition) is 4. The minimum absolute atomic E-state index is 0.0614. The van der Waals surface area contributed by atoms with Gasteiger partial charge in [-0.1, -0.05) is 66.7 Å². The van der Waals surface area contributed by atoms with Crippen LogP contribution in [0.1, 0.15) is 33.6 Å². The lowest BCUT2D eigenvalue weighted by molar-refractivity contribution is -0.138. The van der Waals surface area contributed by atoms with Crippen molar-refractivity contribution in [2.75, 3.05) is 0 Å². The van der Waals surface area contributed by atoms with Gasteiger partial charge in [-0.15, -0.1) is 0 Å². The van der Waals surface area contributed by atoms with Gasteiger partial charge in [0.1, 0.15) is 20.2 Å². The van der Waals surface area contributed by atoms with Gasteiger partial charge >= 0.3 is 12.4 Å². The van der Waals surface area contributed by atoms with Crippen LogP contribution in [0.4, 0.5) is 26.3 Å². The zero-order chi connectivity index (χ0) is 38.6. The lowest BCUT2D eigenvalue weighted by Gasteiger charge is -2.13. The molecule has 6 rings (SSSR count). The summed E-state index contributed by atoms with van der Waals surface area (Å²) in [5.74, 6) is 0. The fourth-order valence-corrected chi connectivity index (χ4v) is 6.58. The number of benzene rings is 4. The number of halogens is 6. The van der Waals surface area contributed by atoms with Gasteiger partial charge < -0.3 is 0 Å². The molecule has 0 saturated heterocycles. The van der Waals surface area contributed by atoms with Crippen LogP contribution in [-0.2, 0) is 12.4 Å². The predicted molar refractivity (Wildman–Crippen MR) is 204 cm³/mol. The molecule has 2 heterocycles. The molecule has 6 nitrogen and oxygen atoms in total. The molecule has 0 fully saturated rings. The summed E-state index contributed by atoms with van der Waals surface area (Å²) in [5.41, 5.74) is 1.70. The number of pyridine rings is 2. The highest BCUT2D eigenvalue weighted by Gasteiger charge is 2.31. The molecule has 2 aromatic heterocycles. The maximum Gasteiger partial charge on any atom is 0.416 e. The summed E-state index contributed by atoms with van der Waals surface area (Å²) in [6.07, 6.45) is -9.07. The van der Waals surface area contributed by atoms with Gasteiger partial charge in [-0.25, -0.2) is 9.97 Å². The van der Waals surface area contributed by atoms with Crippen LogP contribution in [0.25, 0.3) is 33.6 Å². The summed E-state index contributed by atoms with van der Waals surface area (Å²) in [7, 11) is 0.